The van der Waals surface area contributed by atoms with Crippen molar-refractivity contribution < 1.29 is 21.5 Å². The molecule has 0 fully saturated rings. The molecule has 3 heteroatoms. The molecule has 0 atom stereocenters. The van der Waals surface area contributed by atoms with Gasteiger partial charge in [0.2, 0.25) is 0 Å². The van der Waals surface area contributed by atoms with Gasteiger partial charge < -0.3 is 26.4 Å². The Hall–Kier alpha value is 0.400. The van der Waals surface area contributed by atoms with Crippen molar-refractivity contribution in [3.8, 4) is 0 Å². The van der Waals surface area contributed by atoms with Crippen LogP contribution in [0.4, 0.5) is 0 Å². The zero-order valence-electron chi connectivity index (χ0n) is 15.5. The van der Waals surface area contributed by atoms with Crippen molar-refractivity contribution >= 4 is 0 Å². The highest BCUT2D eigenvalue weighted by molar-refractivity contribution is 4.53. The third-order valence-electron chi connectivity index (χ3n) is 4.05. The van der Waals surface area contributed by atoms with Gasteiger partial charge in [-0.1, -0.05) is 64.7 Å². The van der Waals surface area contributed by atoms with E-state index in [1.54, 1.807) is 0 Å². The van der Waals surface area contributed by atoms with Gasteiger partial charge in [0.05, 0.1) is 27.7 Å². The van der Waals surface area contributed by atoms with Crippen molar-refractivity contribution in [2.45, 2.75) is 71.1 Å². The fourth-order valence-electron chi connectivity index (χ4n) is 2.45. The molecule has 0 aromatic carbocycles. The molecule has 0 radical (unpaired) electrons. The number of rotatable bonds is 14. The first-order valence-corrected chi connectivity index (χ1v) is 8.94. The number of halogens is 1. The molecule has 0 saturated heterocycles. The van der Waals surface area contributed by atoms with E-state index in [2.05, 4.69) is 40.0 Å². The monoisotopic (exact) mass is 364 g/mol. The summed E-state index contributed by atoms with van der Waals surface area (Å²) in [5, 5.41) is 0. The molecule has 0 unspecified atom stereocenters. The van der Waals surface area contributed by atoms with Gasteiger partial charge >= 0.3 is 0 Å². The van der Waals surface area contributed by atoms with Crippen molar-refractivity contribution in [1.82, 2.24) is 4.90 Å². The minimum Gasteiger partial charge on any atom is -1.00 e. The summed E-state index contributed by atoms with van der Waals surface area (Å²) in [6, 6.07) is 0. The van der Waals surface area contributed by atoms with Gasteiger partial charge in [-0.05, 0) is 20.0 Å². The minimum absolute atomic E-state index is 0. The predicted molar refractivity (Wildman–Crippen MR) is 92.2 cm³/mol. The zero-order valence-corrected chi connectivity index (χ0v) is 17.1. The summed E-state index contributed by atoms with van der Waals surface area (Å²) in [5.41, 5.74) is 0. The van der Waals surface area contributed by atoms with Crippen LogP contribution >= 0.6 is 0 Å². The van der Waals surface area contributed by atoms with Gasteiger partial charge in [-0.3, -0.25) is 0 Å². The van der Waals surface area contributed by atoms with E-state index >= 15 is 0 Å². The van der Waals surface area contributed by atoms with E-state index in [1.807, 2.05) is 0 Å². The molecule has 0 aromatic heterocycles. The van der Waals surface area contributed by atoms with Crippen LogP contribution in [0.2, 0.25) is 0 Å². The van der Waals surface area contributed by atoms with Crippen LogP contribution in [-0.2, 0) is 0 Å². The van der Waals surface area contributed by atoms with Crippen molar-refractivity contribution in [2.75, 3.05) is 47.8 Å². The number of nitrogens with zero attached hydrogens (tertiary/aromatic N) is 2. The minimum atomic E-state index is 0. The average Bonchev–Trinajstić information content (AvgIpc) is 2.38. The van der Waals surface area contributed by atoms with Gasteiger partial charge in [-0.15, -0.1) is 0 Å². The first kappa shape index (κ1) is 23.7. The summed E-state index contributed by atoms with van der Waals surface area (Å²) in [6.07, 6.45) is 14.3. The smallest absolute Gasteiger partial charge is 0.0909 e. The number of unbranched alkanes of at least 4 members (excludes halogenated alkanes) is 9. The molecule has 0 spiro atoms. The van der Waals surface area contributed by atoms with Crippen LogP contribution in [0.15, 0.2) is 0 Å². The summed E-state index contributed by atoms with van der Waals surface area (Å²) in [7, 11) is 9.08. The summed E-state index contributed by atoms with van der Waals surface area (Å²) < 4.78 is 1.07. The number of hydrogen-bond donors (Lipinski definition) is 0. The van der Waals surface area contributed by atoms with E-state index in [-0.39, 0.29) is 17.0 Å². The molecular weight excluding hydrogens is 324 g/mol. The number of quaternary nitrogens is 1. The lowest BCUT2D eigenvalue weighted by molar-refractivity contribution is -0.869. The highest BCUT2D eigenvalue weighted by Gasteiger charge is 2.08. The van der Waals surface area contributed by atoms with Crippen LogP contribution in [0, 0.1) is 0 Å². The highest BCUT2D eigenvalue weighted by Crippen LogP contribution is 2.10. The second-order valence-electron chi connectivity index (χ2n) is 7.50. The Balaban J connectivity index is 0. The lowest BCUT2D eigenvalue weighted by atomic mass is 10.1. The number of likely N-dealkylation sites (N-methyl/N-ethyl adjacent to an activating group) is 2. The van der Waals surface area contributed by atoms with E-state index in [0.717, 1.165) is 4.48 Å². The molecule has 130 valence electrons. The summed E-state index contributed by atoms with van der Waals surface area (Å²) in [5.74, 6) is 0. The maximum Gasteiger partial charge on any atom is 0.0909 e. The van der Waals surface area contributed by atoms with Crippen molar-refractivity contribution in [1.29, 1.82) is 0 Å². The van der Waals surface area contributed by atoms with Crippen LogP contribution < -0.4 is 17.0 Å². The zero-order chi connectivity index (χ0) is 15.3. The third-order valence-corrected chi connectivity index (χ3v) is 4.05. The van der Waals surface area contributed by atoms with Crippen LogP contribution in [0.3, 0.4) is 0 Å². The molecule has 0 aliphatic rings. The number of hydrogen-bond acceptors (Lipinski definition) is 1. The Labute approximate surface area is 145 Å². The lowest BCUT2D eigenvalue weighted by Crippen LogP contribution is -3.00. The molecule has 21 heavy (non-hydrogen) atoms. The molecule has 0 amide bonds. The second-order valence-corrected chi connectivity index (χ2v) is 7.50. The Kier molecular flexibility index (Phi) is 17.2. The van der Waals surface area contributed by atoms with Gasteiger partial charge in [0.1, 0.15) is 0 Å². The summed E-state index contributed by atoms with van der Waals surface area (Å²) in [4.78, 5) is 2.49. The topological polar surface area (TPSA) is 3.24 Å². The van der Waals surface area contributed by atoms with Crippen LogP contribution in [0.25, 0.3) is 0 Å². The maximum atomic E-state index is 2.49. The fraction of sp³-hybridized carbons (Fsp3) is 1.00. The largest absolute Gasteiger partial charge is 1.00 e. The molecule has 0 saturated carbocycles. The van der Waals surface area contributed by atoms with Gasteiger partial charge in [-0.25, -0.2) is 0 Å². The molecule has 0 N–H and O–H groups in total. The van der Waals surface area contributed by atoms with E-state index in [9.17, 15) is 0 Å². The van der Waals surface area contributed by atoms with Crippen LogP contribution in [-0.4, -0.2) is 57.2 Å². The Morgan fingerprint density at radius 1 is 0.667 bits per heavy atom. The van der Waals surface area contributed by atoms with E-state index in [4.69, 9.17) is 0 Å². The molecule has 0 rings (SSSR count). The Morgan fingerprint density at radius 2 is 1.10 bits per heavy atom. The molecule has 0 heterocycles. The van der Waals surface area contributed by atoms with Gasteiger partial charge in [0, 0.05) is 6.54 Å². The third kappa shape index (κ3) is 20.4. The molecule has 2 nitrogen and oxygen atoms in total. The van der Waals surface area contributed by atoms with Gasteiger partial charge in [0.25, 0.3) is 0 Å². The van der Waals surface area contributed by atoms with E-state index in [0.29, 0.717) is 0 Å². The lowest BCUT2D eigenvalue weighted by Gasteiger charge is -2.27. The van der Waals surface area contributed by atoms with Crippen molar-refractivity contribution in [2.24, 2.45) is 0 Å². The first-order valence-electron chi connectivity index (χ1n) is 8.94. The molecular formula is C18H41BrN2. The van der Waals surface area contributed by atoms with Crippen molar-refractivity contribution in [3.63, 3.8) is 0 Å². The second kappa shape index (κ2) is 15.3. The van der Waals surface area contributed by atoms with Crippen molar-refractivity contribution in [3.05, 3.63) is 0 Å². The molecule has 0 aliphatic carbocycles. The fourth-order valence-corrected chi connectivity index (χ4v) is 2.45. The van der Waals surface area contributed by atoms with Gasteiger partial charge in [-0.2, -0.15) is 0 Å². The van der Waals surface area contributed by atoms with E-state index < -0.39 is 0 Å². The van der Waals surface area contributed by atoms with Gasteiger partial charge in [0.15, 0.2) is 0 Å². The quantitative estimate of drug-likeness (QED) is 0.334. The standard InChI is InChI=1S/C18H41N2.BrH/c1-6-7-8-9-10-11-12-13-14-15-16-19(2)17-18-20(3,4)5;/h6-18H2,1-5H3;1H/q+1;/p-1. The SMILES string of the molecule is CCCCCCCCCCCCN(C)CC[N+](C)(C)C.[Br-]. The van der Waals surface area contributed by atoms with Crippen LogP contribution in [0.1, 0.15) is 71.1 Å². The maximum absolute atomic E-state index is 2.49. The first-order chi connectivity index (χ1) is 9.45. The molecule has 0 bridgehead atoms. The predicted octanol–water partition coefficient (Wildman–Crippen LogP) is 1.55. The Bertz CT molecular complexity index is 202. The average molecular weight is 365 g/mol. The summed E-state index contributed by atoms with van der Waals surface area (Å²) >= 11 is 0. The molecule has 0 aromatic rings. The Morgan fingerprint density at radius 3 is 1.52 bits per heavy atom. The molecule has 0 aliphatic heterocycles. The highest BCUT2D eigenvalue weighted by atomic mass is 79.9. The van der Waals surface area contributed by atoms with E-state index in [1.165, 1.54) is 83.8 Å². The normalized spacial score (nSPS) is 11.7. The summed E-state index contributed by atoms with van der Waals surface area (Å²) in [6.45, 7) is 6.03. The van der Waals surface area contributed by atoms with Crippen LogP contribution in [0.5, 0.6) is 0 Å².